The highest BCUT2D eigenvalue weighted by molar-refractivity contribution is 5.83. The number of aryl methyl sites for hydroxylation is 1. The van der Waals surface area contributed by atoms with Crippen LogP contribution in [0.4, 0.5) is 0 Å². The summed E-state index contributed by atoms with van der Waals surface area (Å²) in [6.45, 7) is 3.69. The molecule has 1 amide bonds. The predicted octanol–water partition coefficient (Wildman–Crippen LogP) is 1.01. The quantitative estimate of drug-likeness (QED) is 0.755. The summed E-state index contributed by atoms with van der Waals surface area (Å²) in [5.74, 6) is 0.0745. The van der Waals surface area contributed by atoms with E-state index < -0.39 is 0 Å². The van der Waals surface area contributed by atoms with E-state index in [-0.39, 0.29) is 11.9 Å². The molecule has 1 aromatic carbocycles. The Hall–Kier alpha value is -1.35. The van der Waals surface area contributed by atoms with Gasteiger partial charge in [-0.1, -0.05) is 31.2 Å². The zero-order valence-electron chi connectivity index (χ0n) is 8.92. The monoisotopic (exact) mass is 204 g/mol. The van der Waals surface area contributed by atoms with E-state index in [2.05, 4.69) is 29.7 Å². The minimum absolute atomic E-state index is 0.0745. The largest absolute Gasteiger partial charge is 0.353 e. The van der Waals surface area contributed by atoms with Gasteiger partial charge in [-0.2, -0.15) is 0 Å². The molecule has 3 heteroatoms. The van der Waals surface area contributed by atoms with E-state index in [1.807, 2.05) is 12.1 Å². The molecule has 0 aliphatic carbocycles. The van der Waals surface area contributed by atoms with E-state index in [0.29, 0.717) is 0 Å². The highest BCUT2D eigenvalue weighted by Gasteiger charge is 2.22. The standard InChI is InChI=1S/C12H16N2O/c1-2-9-3-5-10(6-4-9)11-12(15)14-8-7-13-11/h3-6,11,13H,2,7-8H2,1H3,(H,14,15). The van der Waals surface area contributed by atoms with E-state index >= 15 is 0 Å². The average Bonchev–Trinajstić information content (AvgIpc) is 2.30. The number of rotatable bonds is 2. The van der Waals surface area contributed by atoms with Gasteiger partial charge in [0.25, 0.3) is 0 Å². The van der Waals surface area contributed by atoms with Crippen molar-refractivity contribution in [3.05, 3.63) is 35.4 Å². The Kier molecular flexibility index (Phi) is 3.02. The molecule has 1 aliphatic rings. The van der Waals surface area contributed by atoms with Crippen molar-refractivity contribution in [2.24, 2.45) is 0 Å². The summed E-state index contributed by atoms with van der Waals surface area (Å²) >= 11 is 0. The third-order valence-electron chi connectivity index (χ3n) is 2.76. The summed E-state index contributed by atoms with van der Waals surface area (Å²) in [6, 6.07) is 8.05. The molecule has 2 N–H and O–H groups in total. The first kappa shape index (κ1) is 10.2. The van der Waals surface area contributed by atoms with Gasteiger partial charge in [0.15, 0.2) is 0 Å². The molecule has 1 fully saturated rings. The summed E-state index contributed by atoms with van der Waals surface area (Å²) < 4.78 is 0. The van der Waals surface area contributed by atoms with Crippen molar-refractivity contribution in [3.8, 4) is 0 Å². The van der Waals surface area contributed by atoms with Gasteiger partial charge >= 0.3 is 0 Å². The van der Waals surface area contributed by atoms with Crippen molar-refractivity contribution in [3.63, 3.8) is 0 Å². The highest BCUT2D eigenvalue weighted by atomic mass is 16.2. The first-order valence-electron chi connectivity index (χ1n) is 5.41. The van der Waals surface area contributed by atoms with Crippen LogP contribution in [0, 0.1) is 0 Å². The van der Waals surface area contributed by atoms with Gasteiger partial charge in [0, 0.05) is 13.1 Å². The molecule has 1 saturated heterocycles. The van der Waals surface area contributed by atoms with Gasteiger partial charge in [0.05, 0.1) is 0 Å². The number of piperazine rings is 1. The summed E-state index contributed by atoms with van der Waals surface area (Å²) in [6.07, 6.45) is 1.03. The van der Waals surface area contributed by atoms with Crippen molar-refractivity contribution in [2.75, 3.05) is 13.1 Å². The Balaban J connectivity index is 2.17. The fraction of sp³-hybridized carbons (Fsp3) is 0.417. The number of carbonyl (C=O) groups is 1. The molecule has 15 heavy (non-hydrogen) atoms. The number of carbonyl (C=O) groups excluding carboxylic acids is 1. The maximum absolute atomic E-state index is 11.6. The Morgan fingerprint density at radius 2 is 2.00 bits per heavy atom. The van der Waals surface area contributed by atoms with Crippen LogP contribution in [0.1, 0.15) is 24.1 Å². The van der Waals surface area contributed by atoms with Crippen LogP contribution in [0.5, 0.6) is 0 Å². The minimum Gasteiger partial charge on any atom is -0.353 e. The molecular formula is C12H16N2O. The van der Waals surface area contributed by atoms with Crippen LogP contribution in [-0.2, 0) is 11.2 Å². The Morgan fingerprint density at radius 1 is 1.27 bits per heavy atom. The van der Waals surface area contributed by atoms with Gasteiger partial charge in [-0.25, -0.2) is 0 Å². The predicted molar refractivity (Wildman–Crippen MR) is 59.6 cm³/mol. The maximum atomic E-state index is 11.6. The minimum atomic E-state index is -0.176. The molecular weight excluding hydrogens is 188 g/mol. The number of nitrogens with one attached hydrogen (secondary N) is 2. The maximum Gasteiger partial charge on any atom is 0.241 e. The van der Waals surface area contributed by atoms with Gasteiger partial charge in [-0.3, -0.25) is 4.79 Å². The number of hydrogen-bond donors (Lipinski definition) is 2. The van der Waals surface area contributed by atoms with Crippen LogP contribution in [0.3, 0.4) is 0 Å². The number of benzene rings is 1. The van der Waals surface area contributed by atoms with Crippen LogP contribution in [-0.4, -0.2) is 19.0 Å². The van der Waals surface area contributed by atoms with Crippen LogP contribution in [0.15, 0.2) is 24.3 Å². The molecule has 0 radical (unpaired) electrons. The number of amides is 1. The Morgan fingerprint density at radius 3 is 2.60 bits per heavy atom. The lowest BCUT2D eigenvalue weighted by atomic mass is 10.0. The topological polar surface area (TPSA) is 41.1 Å². The highest BCUT2D eigenvalue weighted by Crippen LogP contribution is 2.15. The van der Waals surface area contributed by atoms with Crippen molar-refractivity contribution in [1.82, 2.24) is 10.6 Å². The van der Waals surface area contributed by atoms with E-state index in [1.165, 1.54) is 5.56 Å². The van der Waals surface area contributed by atoms with Gasteiger partial charge in [0.2, 0.25) is 5.91 Å². The molecule has 0 aromatic heterocycles. The first-order chi connectivity index (χ1) is 7.31. The Bertz CT molecular complexity index is 345. The summed E-state index contributed by atoms with van der Waals surface area (Å²) in [5.41, 5.74) is 2.35. The normalized spacial score (nSPS) is 21.1. The molecule has 3 nitrogen and oxygen atoms in total. The van der Waals surface area contributed by atoms with Crippen LogP contribution in [0.2, 0.25) is 0 Å². The third-order valence-corrected chi connectivity index (χ3v) is 2.76. The zero-order valence-corrected chi connectivity index (χ0v) is 8.92. The summed E-state index contributed by atoms with van der Waals surface area (Å²) in [5, 5.41) is 6.07. The Labute approximate surface area is 89.9 Å². The second kappa shape index (κ2) is 4.45. The molecule has 80 valence electrons. The van der Waals surface area contributed by atoms with E-state index in [1.54, 1.807) is 0 Å². The fourth-order valence-corrected chi connectivity index (χ4v) is 1.81. The lowest BCUT2D eigenvalue weighted by Gasteiger charge is -2.23. The van der Waals surface area contributed by atoms with E-state index in [4.69, 9.17) is 0 Å². The lowest BCUT2D eigenvalue weighted by molar-refractivity contribution is -0.124. The molecule has 0 bridgehead atoms. The third kappa shape index (κ3) is 2.18. The van der Waals surface area contributed by atoms with Gasteiger partial charge in [0.1, 0.15) is 6.04 Å². The number of hydrogen-bond acceptors (Lipinski definition) is 2. The van der Waals surface area contributed by atoms with Crippen LogP contribution >= 0.6 is 0 Å². The molecule has 1 heterocycles. The summed E-state index contributed by atoms with van der Waals surface area (Å²) in [4.78, 5) is 11.6. The zero-order chi connectivity index (χ0) is 10.7. The SMILES string of the molecule is CCc1ccc(C2NCCNC2=O)cc1. The average molecular weight is 204 g/mol. The summed E-state index contributed by atoms with van der Waals surface area (Å²) in [7, 11) is 0. The molecule has 1 aliphatic heterocycles. The lowest BCUT2D eigenvalue weighted by Crippen LogP contribution is -2.47. The molecule has 2 rings (SSSR count). The van der Waals surface area contributed by atoms with Crippen molar-refractivity contribution >= 4 is 5.91 Å². The first-order valence-corrected chi connectivity index (χ1v) is 5.41. The van der Waals surface area contributed by atoms with Gasteiger partial charge < -0.3 is 10.6 Å². The van der Waals surface area contributed by atoms with E-state index in [9.17, 15) is 4.79 Å². The molecule has 1 atom stereocenters. The van der Waals surface area contributed by atoms with Gasteiger partial charge in [-0.15, -0.1) is 0 Å². The molecule has 1 unspecified atom stereocenters. The van der Waals surface area contributed by atoms with Crippen molar-refractivity contribution < 1.29 is 4.79 Å². The van der Waals surface area contributed by atoms with Crippen molar-refractivity contribution in [1.29, 1.82) is 0 Å². The molecule has 1 aromatic rings. The van der Waals surface area contributed by atoms with E-state index in [0.717, 1.165) is 25.1 Å². The molecule has 0 spiro atoms. The molecule has 0 saturated carbocycles. The van der Waals surface area contributed by atoms with Gasteiger partial charge in [-0.05, 0) is 17.5 Å². The smallest absolute Gasteiger partial charge is 0.241 e. The second-order valence-corrected chi connectivity index (χ2v) is 3.77. The van der Waals surface area contributed by atoms with Crippen molar-refractivity contribution in [2.45, 2.75) is 19.4 Å². The second-order valence-electron chi connectivity index (χ2n) is 3.77. The fourth-order valence-electron chi connectivity index (χ4n) is 1.81. The van der Waals surface area contributed by atoms with Crippen LogP contribution < -0.4 is 10.6 Å². The van der Waals surface area contributed by atoms with Crippen LogP contribution in [0.25, 0.3) is 0 Å².